The molecule has 4 aliphatic rings. The van der Waals surface area contributed by atoms with Crippen molar-refractivity contribution < 1.29 is 14.9 Å². The van der Waals surface area contributed by atoms with E-state index in [0.29, 0.717) is 37.1 Å². The fourth-order valence-electron chi connectivity index (χ4n) is 5.24. The van der Waals surface area contributed by atoms with Gasteiger partial charge in [-0.15, -0.1) is 0 Å². The molecule has 25 heavy (non-hydrogen) atoms. The molecule has 4 rings (SSSR count). The Morgan fingerprint density at radius 3 is 2.80 bits per heavy atom. The number of hydrogen-bond acceptors (Lipinski definition) is 4. The molecule has 3 aliphatic carbocycles. The van der Waals surface area contributed by atoms with Crippen LogP contribution in [0.25, 0.3) is 0 Å². The minimum atomic E-state index is -0.444. The molecule has 0 amide bonds. The summed E-state index contributed by atoms with van der Waals surface area (Å²) in [5.41, 5.74) is 1.89. The minimum Gasteiger partial charge on any atom is -0.393 e. The molecule has 4 nitrogen and oxygen atoms in total. The number of allylic oxidation sites excluding steroid dienone is 1. The first-order chi connectivity index (χ1) is 11.9. The van der Waals surface area contributed by atoms with Gasteiger partial charge in [0, 0.05) is 12.6 Å². The van der Waals surface area contributed by atoms with Crippen LogP contribution in [0.3, 0.4) is 0 Å². The first-order valence-electron chi connectivity index (χ1n) is 10.2. The highest BCUT2D eigenvalue weighted by atomic mass is 16.5. The van der Waals surface area contributed by atoms with E-state index in [4.69, 9.17) is 4.74 Å². The highest BCUT2D eigenvalue weighted by Gasteiger charge is 2.50. The molecule has 1 heterocycles. The Bertz CT molecular complexity index is 474. The molecule has 0 spiro atoms. The molecule has 1 aliphatic heterocycles. The van der Waals surface area contributed by atoms with Crippen molar-refractivity contribution in [2.45, 2.75) is 77.5 Å². The van der Waals surface area contributed by atoms with Gasteiger partial charge in [0.25, 0.3) is 0 Å². The molecule has 1 saturated carbocycles. The maximum Gasteiger partial charge on any atom is 0.0900 e. The van der Waals surface area contributed by atoms with Crippen molar-refractivity contribution >= 4 is 0 Å². The van der Waals surface area contributed by atoms with E-state index in [1.54, 1.807) is 0 Å². The molecule has 0 aromatic rings. The van der Waals surface area contributed by atoms with E-state index < -0.39 is 6.10 Å². The average molecular weight is 352 g/mol. The summed E-state index contributed by atoms with van der Waals surface area (Å²) in [6.07, 6.45) is 8.52. The van der Waals surface area contributed by atoms with Crippen LogP contribution in [0.2, 0.25) is 0 Å². The Kier molecular flexibility index (Phi) is 6.25. The van der Waals surface area contributed by atoms with Gasteiger partial charge in [0.1, 0.15) is 0 Å². The largest absolute Gasteiger partial charge is 0.393 e. The molecular weight excluding hydrogens is 314 g/mol. The van der Waals surface area contributed by atoms with Crippen molar-refractivity contribution in [3.8, 4) is 0 Å². The summed E-state index contributed by atoms with van der Waals surface area (Å²) in [7, 11) is 0. The Morgan fingerprint density at radius 1 is 1.32 bits per heavy atom. The predicted molar refractivity (Wildman–Crippen MR) is 100 cm³/mol. The van der Waals surface area contributed by atoms with Gasteiger partial charge in [0.15, 0.2) is 0 Å². The summed E-state index contributed by atoms with van der Waals surface area (Å²) in [6.45, 7) is 9.39. The molecule has 5 atom stereocenters. The summed E-state index contributed by atoms with van der Waals surface area (Å²) < 4.78 is 5.89. The zero-order valence-corrected chi connectivity index (χ0v) is 16.3. The van der Waals surface area contributed by atoms with Crippen LogP contribution in [0, 0.1) is 17.3 Å². The molecule has 2 fully saturated rings. The first kappa shape index (κ1) is 19.3. The van der Waals surface area contributed by atoms with Gasteiger partial charge in [0.2, 0.25) is 0 Å². The quantitative estimate of drug-likeness (QED) is 0.660. The molecule has 0 aromatic carbocycles. The van der Waals surface area contributed by atoms with Crippen LogP contribution in [-0.2, 0) is 4.74 Å². The van der Waals surface area contributed by atoms with E-state index in [9.17, 15) is 10.2 Å². The van der Waals surface area contributed by atoms with E-state index in [1.807, 2.05) is 6.92 Å². The lowest BCUT2D eigenvalue weighted by atomic mass is 9.49. The van der Waals surface area contributed by atoms with Crippen LogP contribution in [0.1, 0.15) is 59.3 Å². The molecule has 2 N–H and O–H groups in total. The van der Waals surface area contributed by atoms with Crippen LogP contribution in [0.4, 0.5) is 0 Å². The number of likely N-dealkylation sites (tertiary alicyclic amines) is 1. The number of hydrogen-bond donors (Lipinski definition) is 2. The normalized spacial score (nSPS) is 34.1. The summed E-state index contributed by atoms with van der Waals surface area (Å²) in [4.78, 5) is 2.35. The molecule has 144 valence electrons. The summed E-state index contributed by atoms with van der Waals surface area (Å²) in [6, 6.07) is 0.400. The van der Waals surface area contributed by atoms with Crippen molar-refractivity contribution in [3.05, 3.63) is 11.6 Å². The van der Waals surface area contributed by atoms with Gasteiger partial charge in [-0.3, -0.25) is 4.90 Å². The third kappa shape index (κ3) is 4.47. The topological polar surface area (TPSA) is 52.9 Å². The van der Waals surface area contributed by atoms with Gasteiger partial charge >= 0.3 is 0 Å². The number of rotatable bonds is 8. The second-order valence-corrected chi connectivity index (χ2v) is 9.22. The lowest BCUT2D eigenvalue weighted by molar-refractivity contribution is -0.0299. The maximum absolute atomic E-state index is 10.4. The third-order valence-corrected chi connectivity index (χ3v) is 6.97. The third-order valence-electron chi connectivity index (χ3n) is 6.97. The Hall–Kier alpha value is -0.420. The zero-order valence-electron chi connectivity index (χ0n) is 16.3. The highest BCUT2D eigenvalue weighted by molar-refractivity contribution is 5.23. The van der Waals surface area contributed by atoms with Gasteiger partial charge in [-0.25, -0.2) is 0 Å². The predicted octanol–water partition coefficient (Wildman–Crippen LogP) is 2.98. The Labute approximate surface area is 153 Å². The van der Waals surface area contributed by atoms with Crippen molar-refractivity contribution in [1.82, 2.24) is 4.90 Å². The molecule has 1 saturated heterocycles. The van der Waals surface area contributed by atoms with E-state index in [0.717, 1.165) is 25.3 Å². The van der Waals surface area contributed by atoms with Crippen LogP contribution in [0.5, 0.6) is 0 Å². The SMILES string of the molecule is C[C@H](O)C[C@@H]1CCCCN1C[C@H](O)COCC1=CC[C@H]2C[C@H]1C2(C)C. The highest BCUT2D eigenvalue weighted by Crippen LogP contribution is 2.59. The number of aliphatic hydroxyl groups is 2. The van der Waals surface area contributed by atoms with Crippen LogP contribution in [0.15, 0.2) is 11.6 Å². The standard InChI is InChI=1S/C21H37NO3/c1-15(23)10-18-6-4-5-9-22(18)12-19(24)14-25-13-16-7-8-17-11-20(16)21(17,2)3/h7,15,17-20,23-24H,4-6,8-14H2,1-3H3/t15-,17-,18-,19-,20+/m0/s1. The summed E-state index contributed by atoms with van der Waals surface area (Å²) >= 11 is 0. The molecular formula is C21H37NO3. The lowest BCUT2D eigenvalue weighted by Gasteiger charge is -2.56. The lowest BCUT2D eigenvalue weighted by Crippen LogP contribution is -2.49. The Balaban J connectivity index is 1.40. The number of aliphatic hydroxyl groups excluding tert-OH is 2. The van der Waals surface area contributed by atoms with Gasteiger partial charge in [-0.2, -0.15) is 0 Å². The zero-order chi connectivity index (χ0) is 18.0. The average Bonchev–Trinajstić information content (AvgIpc) is 2.56. The van der Waals surface area contributed by atoms with E-state index >= 15 is 0 Å². The fourth-order valence-corrected chi connectivity index (χ4v) is 5.24. The van der Waals surface area contributed by atoms with Crippen molar-refractivity contribution in [2.75, 3.05) is 26.3 Å². The molecule has 0 unspecified atom stereocenters. The van der Waals surface area contributed by atoms with E-state index in [2.05, 4.69) is 24.8 Å². The number of nitrogens with zero attached hydrogens (tertiary/aromatic N) is 1. The molecule has 0 radical (unpaired) electrons. The van der Waals surface area contributed by atoms with Crippen molar-refractivity contribution in [2.24, 2.45) is 17.3 Å². The second kappa shape index (κ2) is 8.08. The van der Waals surface area contributed by atoms with Crippen molar-refractivity contribution in [3.63, 3.8) is 0 Å². The van der Waals surface area contributed by atoms with Crippen LogP contribution >= 0.6 is 0 Å². The van der Waals surface area contributed by atoms with Gasteiger partial charge in [-0.1, -0.05) is 26.3 Å². The molecule has 0 aromatic heterocycles. The number of ether oxygens (including phenoxy) is 1. The summed E-state index contributed by atoms with van der Waals surface area (Å²) in [5, 5.41) is 20.1. The van der Waals surface area contributed by atoms with Gasteiger partial charge in [-0.05, 0) is 68.4 Å². The van der Waals surface area contributed by atoms with E-state index in [-0.39, 0.29) is 6.10 Å². The van der Waals surface area contributed by atoms with Gasteiger partial charge in [0.05, 0.1) is 25.4 Å². The maximum atomic E-state index is 10.4. The second-order valence-electron chi connectivity index (χ2n) is 9.22. The van der Waals surface area contributed by atoms with Gasteiger partial charge < -0.3 is 14.9 Å². The Morgan fingerprint density at radius 2 is 2.12 bits per heavy atom. The van der Waals surface area contributed by atoms with E-state index in [1.165, 1.54) is 31.3 Å². The van der Waals surface area contributed by atoms with Crippen LogP contribution in [-0.4, -0.2) is 59.7 Å². The summed E-state index contributed by atoms with van der Waals surface area (Å²) in [5.74, 6) is 1.54. The number of β-amino-alcohol motifs (C(OH)–C–C–N with tert-alkyl or cyclic N) is 1. The molecule has 4 heteroatoms. The fraction of sp³-hybridized carbons (Fsp3) is 0.905. The molecule has 2 bridgehead atoms. The minimum absolute atomic E-state index is 0.271. The van der Waals surface area contributed by atoms with Crippen molar-refractivity contribution in [1.29, 1.82) is 0 Å². The number of fused-ring (bicyclic) bond motifs is 1. The smallest absolute Gasteiger partial charge is 0.0900 e. The monoisotopic (exact) mass is 351 g/mol. The van der Waals surface area contributed by atoms with Crippen LogP contribution < -0.4 is 0 Å². The first-order valence-corrected chi connectivity index (χ1v) is 10.2. The number of piperidine rings is 1.